The van der Waals surface area contributed by atoms with Crippen molar-refractivity contribution in [1.82, 2.24) is 4.90 Å². The number of carbonyl (C=O) groups excluding carboxylic acids is 2. The van der Waals surface area contributed by atoms with Crippen LogP contribution in [0.5, 0.6) is 0 Å². The fourth-order valence-corrected chi connectivity index (χ4v) is 3.86. The summed E-state index contributed by atoms with van der Waals surface area (Å²) < 4.78 is 38.7. The standard InChI is InChI=1S/C20H16Cl3F3N2O2/c21-13-2-3-14(16(23)10-13)19(30)28-7-5-11(6-8-28)18(29)27-17-9-12(20(24,25)26)1-4-15(17)22/h1-4,9-11H,5-8H2,(H,27,29). The Morgan fingerprint density at radius 2 is 1.63 bits per heavy atom. The number of anilines is 1. The minimum Gasteiger partial charge on any atom is -0.339 e. The first kappa shape index (κ1) is 22.7. The molecule has 0 bridgehead atoms. The van der Waals surface area contributed by atoms with E-state index in [2.05, 4.69) is 5.32 Å². The zero-order chi connectivity index (χ0) is 22.1. The summed E-state index contributed by atoms with van der Waals surface area (Å²) in [5, 5.41) is 3.15. The molecule has 2 aromatic rings. The van der Waals surface area contributed by atoms with Gasteiger partial charge in [-0.1, -0.05) is 34.8 Å². The van der Waals surface area contributed by atoms with E-state index in [0.717, 1.165) is 18.2 Å². The number of likely N-dealkylation sites (tertiary alicyclic amines) is 1. The van der Waals surface area contributed by atoms with Crippen LogP contribution >= 0.6 is 34.8 Å². The topological polar surface area (TPSA) is 49.4 Å². The Morgan fingerprint density at radius 3 is 2.23 bits per heavy atom. The van der Waals surface area contributed by atoms with Crippen molar-refractivity contribution in [3.05, 3.63) is 62.6 Å². The Kier molecular flexibility index (Phi) is 6.84. The van der Waals surface area contributed by atoms with E-state index in [1.54, 1.807) is 17.0 Å². The highest BCUT2D eigenvalue weighted by Gasteiger charge is 2.32. The van der Waals surface area contributed by atoms with E-state index in [1.807, 2.05) is 0 Å². The van der Waals surface area contributed by atoms with Crippen LogP contribution in [0.2, 0.25) is 15.1 Å². The molecule has 160 valence electrons. The first-order chi connectivity index (χ1) is 14.1. The van der Waals surface area contributed by atoms with Gasteiger partial charge in [-0.25, -0.2) is 0 Å². The van der Waals surface area contributed by atoms with Gasteiger partial charge in [0.15, 0.2) is 0 Å². The molecule has 1 fully saturated rings. The lowest BCUT2D eigenvalue weighted by Crippen LogP contribution is -2.41. The molecule has 4 nitrogen and oxygen atoms in total. The van der Waals surface area contributed by atoms with E-state index in [4.69, 9.17) is 34.8 Å². The summed E-state index contributed by atoms with van der Waals surface area (Å²) in [6.07, 6.45) is -3.82. The summed E-state index contributed by atoms with van der Waals surface area (Å²) in [6, 6.07) is 7.35. The van der Waals surface area contributed by atoms with Gasteiger partial charge < -0.3 is 10.2 Å². The molecule has 0 aliphatic carbocycles. The molecule has 1 heterocycles. The van der Waals surface area contributed by atoms with Gasteiger partial charge in [-0.3, -0.25) is 9.59 Å². The molecule has 0 aromatic heterocycles. The molecule has 0 saturated carbocycles. The van der Waals surface area contributed by atoms with Gasteiger partial charge >= 0.3 is 6.18 Å². The van der Waals surface area contributed by atoms with Crippen molar-refractivity contribution in [3.63, 3.8) is 0 Å². The molecule has 0 atom stereocenters. The highest BCUT2D eigenvalue weighted by molar-refractivity contribution is 6.36. The van der Waals surface area contributed by atoms with Gasteiger partial charge in [-0.2, -0.15) is 13.2 Å². The second-order valence-electron chi connectivity index (χ2n) is 6.87. The maximum absolute atomic E-state index is 12.9. The summed E-state index contributed by atoms with van der Waals surface area (Å²) >= 11 is 17.9. The molecule has 2 amide bonds. The van der Waals surface area contributed by atoms with Crippen LogP contribution in [0.25, 0.3) is 0 Å². The third-order valence-electron chi connectivity index (χ3n) is 4.87. The Labute approximate surface area is 185 Å². The van der Waals surface area contributed by atoms with Crippen LogP contribution in [-0.4, -0.2) is 29.8 Å². The Bertz CT molecular complexity index is 974. The molecule has 3 rings (SSSR count). The molecule has 1 aliphatic rings. The monoisotopic (exact) mass is 478 g/mol. The first-order valence-corrected chi connectivity index (χ1v) is 10.1. The Hall–Kier alpha value is -1.96. The molecule has 0 unspecified atom stereocenters. The van der Waals surface area contributed by atoms with Crippen LogP contribution in [-0.2, 0) is 11.0 Å². The van der Waals surface area contributed by atoms with E-state index in [-0.39, 0.29) is 21.6 Å². The van der Waals surface area contributed by atoms with Gasteiger partial charge in [0, 0.05) is 24.0 Å². The first-order valence-electron chi connectivity index (χ1n) is 8.98. The molecule has 10 heteroatoms. The zero-order valence-corrected chi connectivity index (χ0v) is 17.7. The third-order valence-corrected chi connectivity index (χ3v) is 5.74. The van der Waals surface area contributed by atoms with Crippen LogP contribution in [0, 0.1) is 5.92 Å². The lowest BCUT2D eigenvalue weighted by Gasteiger charge is -2.31. The predicted octanol–water partition coefficient (Wildman–Crippen LogP) is 6.16. The van der Waals surface area contributed by atoms with Crippen LogP contribution in [0.15, 0.2) is 36.4 Å². The average Bonchev–Trinajstić information content (AvgIpc) is 2.68. The normalized spacial score (nSPS) is 15.2. The molecule has 0 spiro atoms. The SMILES string of the molecule is O=C(Nc1cc(C(F)(F)F)ccc1Cl)C1CCN(C(=O)c2ccc(Cl)cc2Cl)CC1. The van der Waals surface area contributed by atoms with E-state index < -0.39 is 23.6 Å². The minimum absolute atomic E-state index is 0.0151. The number of piperidine rings is 1. The van der Waals surface area contributed by atoms with Crippen molar-refractivity contribution in [2.75, 3.05) is 18.4 Å². The minimum atomic E-state index is -4.54. The van der Waals surface area contributed by atoms with Gasteiger partial charge in [0.25, 0.3) is 5.91 Å². The summed E-state index contributed by atoms with van der Waals surface area (Å²) in [5.41, 5.74) is -0.676. The number of nitrogens with zero attached hydrogens (tertiary/aromatic N) is 1. The van der Waals surface area contributed by atoms with Crippen molar-refractivity contribution in [1.29, 1.82) is 0 Å². The molecular weight excluding hydrogens is 464 g/mol. The fraction of sp³-hybridized carbons (Fsp3) is 0.300. The van der Waals surface area contributed by atoms with Crippen molar-refractivity contribution >= 4 is 52.3 Å². The lowest BCUT2D eigenvalue weighted by atomic mass is 9.95. The molecule has 1 saturated heterocycles. The van der Waals surface area contributed by atoms with Crippen LogP contribution in [0.1, 0.15) is 28.8 Å². The number of hydrogen-bond donors (Lipinski definition) is 1. The van der Waals surface area contributed by atoms with Crippen LogP contribution in [0.3, 0.4) is 0 Å². The maximum atomic E-state index is 12.9. The quantitative estimate of drug-likeness (QED) is 0.573. The van der Waals surface area contributed by atoms with Gasteiger partial charge in [-0.15, -0.1) is 0 Å². The number of nitrogens with one attached hydrogen (secondary N) is 1. The van der Waals surface area contributed by atoms with E-state index >= 15 is 0 Å². The maximum Gasteiger partial charge on any atom is 0.416 e. The number of rotatable bonds is 3. The fourth-order valence-electron chi connectivity index (χ4n) is 3.21. The Balaban J connectivity index is 1.63. The van der Waals surface area contributed by atoms with Crippen LogP contribution in [0.4, 0.5) is 18.9 Å². The van der Waals surface area contributed by atoms with E-state index in [9.17, 15) is 22.8 Å². The number of amides is 2. The summed E-state index contributed by atoms with van der Waals surface area (Å²) in [7, 11) is 0. The van der Waals surface area contributed by atoms with E-state index in [1.165, 1.54) is 6.07 Å². The molecule has 2 aromatic carbocycles. The molecule has 1 N–H and O–H groups in total. The van der Waals surface area contributed by atoms with Crippen molar-refractivity contribution in [3.8, 4) is 0 Å². The molecular formula is C20H16Cl3F3N2O2. The summed E-state index contributed by atoms with van der Waals surface area (Å²) in [4.78, 5) is 26.8. The van der Waals surface area contributed by atoms with Crippen LogP contribution < -0.4 is 5.32 Å². The third kappa shape index (κ3) is 5.20. The average molecular weight is 480 g/mol. The second-order valence-corrected chi connectivity index (χ2v) is 8.12. The number of hydrogen-bond acceptors (Lipinski definition) is 2. The summed E-state index contributed by atoms with van der Waals surface area (Å²) in [6.45, 7) is 0.623. The zero-order valence-electron chi connectivity index (χ0n) is 15.4. The number of alkyl halides is 3. The van der Waals surface area contributed by atoms with Crippen molar-refractivity contribution in [2.45, 2.75) is 19.0 Å². The molecule has 1 aliphatic heterocycles. The second kappa shape index (κ2) is 9.04. The molecule has 30 heavy (non-hydrogen) atoms. The van der Waals surface area contributed by atoms with Gasteiger partial charge in [0.1, 0.15) is 0 Å². The van der Waals surface area contributed by atoms with Gasteiger partial charge in [0.2, 0.25) is 5.91 Å². The van der Waals surface area contributed by atoms with Crippen molar-refractivity contribution < 1.29 is 22.8 Å². The Morgan fingerprint density at radius 1 is 0.967 bits per heavy atom. The van der Waals surface area contributed by atoms with Gasteiger partial charge in [0.05, 0.1) is 26.9 Å². The molecule has 0 radical (unpaired) electrons. The highest BCUT2D eigenvalue weighted by Crippen LogP contribution is 2.34. The largest absolute Gasteiger partial charge is 0.416 e. The number of carbonyl (C=O) groups is 2. The predicted molar refractivity (Wildman–Crippen MR) is 110 cm³/mol. The number of benzene rings is 2. The number of halogens is 6. The lowest BCUT2D eigenvalue weighted by molar-refractivity contribution is -0.137. The van der Waals surface area contributed by atoms with E-state index in [0.29, 0.717) is 36.5 Å². The van der Waals surface area contributed by atoms with Gasteiger partial charge in [-0.05, 0) is 49.2 Å². The smallest absolute Gasteiger partial charge is 0.339 e. The highest BCUT2D eigenvalue weighted by atomic mass is 35.5. The van der Waals surface area contributed by atoms with Crippen molar-refractivity contribution in [2.24, 2.45) is 5.92 Å². The summed E-state index contributed by atoms with van der Waals surface area (Å²) in [5.74, 6) is -1.16.